The van der Waals surface area contributed by atoms with Gasteiger partial charge in [-0.25, -0.2) is 0 Å². The van der Waals surface area contributed by atoms with Crippen molar-refractivity contribution in [1.82, 2.24) is 0 Å². The normalized spacial score (nSPS) is 16.1. The Kier molecular flexibility index (Phi) is 46.0. The van der Waals surface area contributed by atoms with Gasteiger partial charge in [0.25, 0.3) is 11.9 Å². The van der Waals surface area contributed by atoms with E-state index >= 15 is 0 Å². The van der Waals surface area contributed by atoms with Crippen LogP contribution < -0.4 is 80.8 Å². The molecule has 0 aromatic carbocycles. The standard InChI is InChI=1S/C6H14N2.4C2H4O2.2Na/c7-5-3-1-2-4-6(5)8;4*1-2(3)4;;/h5-6H,1-4,7-8H2;4*1H3,(H,3,4);;/q;;;;;2*+1/p-2. The van der Waals surface area contributed by atoms with Crippen molar-refractivity contribution in [3.8, 4) is 0 Å². The quantitative estimate of drug-likeness (QED) is 0.283. The summed E-state index contributed by atoms with van der Waals surface area (Å²) in [6, 6.07) is 0.562. The summed E-state index contributed by atoms with van der Waals surface area (Å²) in [7, 11) is 0. The number of carbonyl (C=O) groups is 4. The van der Waals surface area contributed by atoms with E-state index in [0.29, 0.717) is 0 Å². The van der Waals surface area contributed by atoms with Gasteiger partial charge in [0.05, 0.1) is 0 Å². The Bertz CT molecular complexity index is 297. The number of nitrogens with two attached hydrogens (primary N) is 2. The molecule has 1 rings (SSSR count). The number of carboxylic acid groups (broad SMARTS) is 4. The van der Waals surface area contributed by atoms with Gasteiger partial charge in [-0.05, 0) is 26.7 Å². The zero-order valence-electron chi connectivity index (χ0n) is 16.5. The zero-order valence-corrected chi connectivity index (χ0v) is 20.5. The first-order valence-electron chi connectivity index (χ1n) is 6.99. The van der Waals surface area contributed by atoms with Gasteiger partial charge in [0.15, 0.2) is 0 Å². The maximum Gasteiger partial charge on any atom is 1.00 e. The smallest absolute Gasteiger partial charge is 0.550 e. The van der Waals surface area contributed by atoms with Gasteiger partial charge in [0.2, 0.25) is 0 Å². The molecule has 0 heterocycles. The van der Waals surface area contributed by atoms with Crippen LogP contribution in [0.3, 0.4) is 0 Å². The van der Waals surface area contributed by atoms with Gasteiger partial charge >= 0.3 is 59.1 Å². The van der Waals surface area contributed by atoms with Crippen LogP contribution in [0.15, 0.2) is 0 Å². The number of hydrogen-bond acceptors (Lipinski definition) is 8. The molecule has 0 amide bonds. The van der Waals surface area contributed by atoms with Crippen LogP contribution in [0.5, 0.6) is 0 Å². The van der Waals surface area contributed by atoms with Gasteiger partial charge < -0.3 is 41.5 Å². The second-order valence-electron chi connectivity index (χ2n) is 4.63. The molecule has 0 aromatic heterocycles. The Hall–Kier alpha value is -0.200. The molecule has 0 spiro atoms. The minimum atomic E-state index is -1.08. The third-order valence-corrected chi connectivity index (χ3v) is 1.87. The van der Waals surface area contributed by atoms with E-state index in [2.05, 4.69) is 0 Å². The van der Waals surface area contributed by atoms with Crippen molar-refractivity contribution in [2.75, 3.05) is 0 Å². The Morgan fingerprint density at radius 2 is 0.846 bits per heavy atom. The van der Waals surface area contributed by atoms with Crippen LogP contribution in [0, 0.1) is 0 Å². The Morgan fingerprint density at radius 1 is 0.731 bits per heavy atom. The van der Waals surface area contributed by atoms with E-state index in [1.54, 1.807) is 0 Å². The van der Waals surface area contributed by atoms with Gasteiger partial charge in [-0.3, -0.25) is 9.59 Å². The Labute approximate surface area is 198 Å². The van der Waals surface area contributed by atoms with Crippen molar-refractivity contribution in [2.45, 2.75) is 65.5 Å². The van der Waals surface area contributed by atoms with E-state index in [9.17, 15) is 0 Å². The van der Waals surface area contributed by atoms with E-state index in [4.69, 9.17) is 51.1 Å². The monoisotopic (exact) mass is 398 g/mol. The second kappa shape index (κ2) is 29.6. The number of rotatable bonds is 0. The van der Waals surface area contributed by atoms with Crippen LogP contribution in [0.25, 0.3) is 0 Å². The van der Waals surface area contributed by atoms with E-state index in [1.165, 1.54) is 12.8 Å². The van der Waals surface area contributed by atoms with Gasteiger partial charge in [0.1, 0.15) is 0 Å². The molecular weight excluding hydrogens is 370 g/mol. The molecule has 0 aromatic rings. The molecule has 2 unspecified atom stereocenters. The predicted octanol–water partition coefficient (Wildman–Crippen LogP) is -8.08. The minimum absolute atomic E-state index is 0. The molecule has 12 heteroatoms. The van der Waals surface area contributed by atoms with Crippen molar-refractivity contribution in [3.05, 3.63) is 0 Å². The molecule has 0 saturated heterocycles. The molecule has 144 valence electrons. The summed E-state index contributed by atoms with van der Waals surface area (Å²) in [5.74, 6) is -3.83. The Morgan fingerprint density at radius 3 is 0.923 bits per heavy atom. The van der Waals surface area contributed by atoms with Gasteiger partial charge in [0, 0.05) is 37.9 Å². The summed E-state index contributed by atoms with van der Waals surface area (Å²) in [4.78, 5) is 35.8. The first kappa shape index (κ1) is 40.5. The van der Waals surface area contributed by atoms with Crippen molar-refractivity contribution in [2.24, 2.45) is 11.5 Å². The molecule has 10 nitrogen and oxygen atoms in total. The second-order valence-corrected chi connectivity index (χ2v) is 4.63. The van der Waals surface area contributed by atoms with Crippen LogP contribution in [0.4, 0.5) is 0 Å². The summed E-state index contributed by atoms with van der Waals surface area (Å²) in [6.45, 7) is 4.11. The molecule has 1 aliphatic rings. The maximum atomic E-state index is 9.00. The van der Waals surface area contributed by atoms with Gasteiger partial charge in [-0.1, -0.05) is 12.8 Å². The molecule has 0 aliphatic heterocycles. The molecule has 6 N–H and O–H groups in total. The largest absolute Gasteiger partial charge is 1.00 e. The van der Waals surface area contributed by atoms with Crippen LogP contribution in [0.2, 0.25) is 0 Å². The summed E-state index contributed by atoms with van der Waals surface area (Å²) in [5, 5.41) is 32.6. The Balaban J connectivity index is -0.0000000495. The van der Waals surface area contributed by atoms with E-state index in [0.717, 1.165) is 40.5 Å². The van der Waals surface area contributed by atoms with Crippen LogP contribution in [0.1, 0.15) is 53.4 Å². The van der Waals surface area contributed by atoms with Crippen LogP contribution in [-0.2, 0) is 19.2 Å². The first-order chi connectivity index (χ1) is 10.7. The average Bonchev–Trinajstić information content (AvgIpc) is 2.30. The summed E-state index contributed by atoms with van der Waals surface area (Å²) in [5.41, 5.74) is 11.3. The maximum absolute atomic E-state index is 9.00. The van der Waals surface area contributed by atoms with Crippen molar-refractivity contribution in [1.29, 1.82) is 0 Å². The van der Waals surface area contributed by atoms with Crippen LogP contribution in [-0.4, -0.2) is 46.2 Å². The summed E-state index contributed by atoms with van der Waals surface area (Å²) >= 11 is 0. The molecule has 1 saturated carbocycles. The summed E-state index contributed by atoms with van der Waals surface area (Å²) < 4.78 is 0. The summed E-state index contributed by atoms with van der Waals surface area (Å²) in [6.07, 6.45) is 4.80. The third kappa shape index (κ3) is 106. The number of carboxylic acids is 4. The van der Waals surface area contributed by atoms with E-state index in [1.807, 2.05) is 0 Å². The molecule has 26 heavy (non-hydrogen) atoms. The van der Waals surface area contributed by atoms with Gasteiger partial charge in [-0.15, -0.1) is 0 Å². The topological polar surface area (TPSA) is 207 Å². The molecule has 1 fully saturated rings. The van der Waals surface area contributed by atoms with E-state index in [-0.39, 0.29) is 71.2 Å². The van der Waals surface area contributed by atoms with Crippen molar-refractivity contribution < 1.29 is 98.7 Å². The predicted molar refractivity (Wildman–Crippen MR) is 82.4 cm³/mol. The first-order valence-corrected chi connectivity index (χ1v) is 6.99. The number of hydrogen-bond donors (Lipinski definition) is 4. The van der Waals surface area contributed by atoms with Crippen molar-refractivity contribution >= 4 is 23.9 Å². The fourth-order valence-corrected chi connectivity index (χ4v) is 1.19. The van der Waals surface area contributed by atoms with Crippen LogP contribution >= 0.6 is 0 Å². The average molecular weight is 398 g/mol. The number of aliphatic carboxylic acids is 4. The third-order valence-electron chi connectivity index (χ3n) is 1.87. The molecular formula is C14H28N2Na2O8. The fourth-order valence-electron chi connectivity index (χ4n) is 1.19. The molecule has 0 bridgehead atoms. The number of carbonyl (C=O) groups excluding carboxylic acids is 2. The molecule has 2 atom stereocenters. The van der Waals surface area contributed by atoms with Crippen molar-refractivity contribution in [3.63, 3.8) is 0 Å². The minimum Gasteiger partial charge on any atom is -0.550 e. The van der Waals surface area contributed by atoms with Gasteiger partial charge in [-0.2, -0.15) is 0 Å². The molecule has 1 aliphatic carbocycles. The van der Waals surface area contributed by atoms with E-state index < -0.39 is 23.9 Å². The SMILES string of the molecule is CC(=O)O.CC(=O)O.CC(=O)[O-].CC(=O)[O-].NC1CCCCC1N.[Na+].[Na+]. The zero-order chi connectivity index (χ0) is 20.3. The fraction of sp³-hybridized carbons (Fsp3) is 0.714. The molecule has 0 radical (unpaired) electrons.